The lowest BCUT2D eigenvalue weighted by molar-refractivity contribution is 0.922. The highest BCUT2D eigenvalue weighted by Gasteiger charge is 2.12. The molecule has 0 saturated heterocycles. The van der Waals surface area contributed by atoms with E-state index < -0.39 is 0 Å². The monoisotopic (exact) mass is 329 g/mol. The van der Waals surface area contributed by atoms with Crippen molar-refractivity contribution in [1.29, 1.82) is 5.26 Å². The SMILES string of the molecule is Cc1nc(C)c(C#N)c(SCc2cc(=O)n3ccsc3n2)n1. The molecule has 0 radical (unpaired) electrons. The fraction of sp³-hybridized carbons (Fsp3) is 0.214. The molecule has 0 amide bonds. The minimum Gasteiger partial charge on any atom is -0.269 e. The summed E-state index contributed by atoms with van der Waals surface area (Å²) in [5.41, 5.74) is 1.72. The van der Waals surface area contributed by atoms with E-state index in [-0.39, 0.29) is 5.56 Å². The summed E-state index contributed by atoms with van der Waals surface area (Å²) in [6.07, 6.45) is 1.71. The molecule has 6 nitrogen and oxygen atoms in total. The molecule has 22 heavy (non-hydrogen) atoms. The van der Waals surface area contributed by atoms with Crippen LogP contribution in [0.2, 0.25) is 0 Å². The number of aromatic nitrogens is 4. The molecule has 3 rings (SSSR count). The predicted molar refractivity (Wildman–Crippen MR) is 85.1 cm³/mol. The molecule has 3 heterocycles. The Kier molecular flexibility index (Phi) is 3.92. The Balaban J connectivity index is 1.91. The Bertz CT molecular complexity index is 954. The zero-order valence-corrected chi connectivity index (χ0v) is 13.5. The van der Waals surface area contributed by atoms with E-state index in [1.807, 2.05) is 5.38 Å². The Morgan fingerprint density at radius 1 is 1.36 bits per heavy atom. The number of fused-ring (bicyclic) bond motifs is 1. The number of thioether (sulfide) groups is 1. The van der Waals surface area contributed by atoms with E-state index in [2.05, 4.69) is 21.0 Å². The van der Waals surface area contributed by atoms with E-state index in [0.717, 1.165) is 0 Å². The number of aryl methyl sites for hydroxylation is 2. The van der Waals surface area contributed by atoms with Crippen molar-refractivity contribution in [3.8, 4) is 6.07 Å². The van der Waals surface area contributed by atoms with E-state index in [9.17, 15) is 10.1 Å². The zero-order chi connectivity index (χ0) is 15.7. The van der Waals surface area contributed by atoms with Crippen LogP contribution >= 0.6 is 23.1 Å². The number of rotatable bonds is 3. The summed E-state index contributed by atoms with van der Waals surface area (Å²) < 4.78 is 1.51. The average Bonchev–Trinajstić information content (AvgIpc) is 2.93. The molecule has 3 aromatic rings. The molecule has 0 aliphatic heterocycles. The first-order valence-electron chi connectivity index (χ1n) is 6.42. The zero-order valence-electron chi connectivity index (χ0n) is 11.9. The van der Waals surface area contributed by atoms with E-state index in [0.29, 0.717) is 38.5 Å². The van der Waals surface area contributed by atoms with Crippen LogP contribution in [0, 0.1) is 25.2 Å². The first-order chi connectivity index (χ1) is 10.6. The molecule has 3 aromatic heterocycles. The van der Waals surface area contributed by atoms with Crippen molar-refractivity contribution in [2.24, 2.45) is 0 Å². The van der Waals surface area contributed by atoms with E-state index in [1.165, 1.54) is 33.6 Å². The maximum absolute atomic E-state index is 11.9. The van der Waals surface area contributed by atoms with Gasteiger partial charge in [0, 0.05) is 23.4 Å². The van der Waals surface area contributed by atoms with Crippen molar-refractivity contribution in [2.75, 3.05) is 0 Å². The first kappa shape index (κ1) is 14.7. The highest BCUT2D eigenvalue weighted by Crippen LogP contribution is 2.25. The second kappa shape index (κ2) is 5.87. The summed E-state index contributed by atoms with van der Waals surface area (Å²) in [6.45, 7) is 3.58. The van der Waals surface area contributed by atoms with E-state index in [4.69, 9.17) is 0 Å². The third kappa shape index (κ3) is 2.73. The van der Waals surface area contributed by atoms with Gasteiger partial charge in [-0.15, -0.1) is 11.3 Å². The molecule has 0 aromatic carbocycles. The quantitative estimate of drug-likeness (QED) is 0.541. The van der Waals surface area contributed by atoms with Gasteiger partial charge in [-0.05, 0) is 13.8 Å². The smallest absolute Gasteiger partial charge is 0.258 e. The van der Waals surface area contributed by atoms with Crippen LogP contribution in [0.4, 0.5) is 0 Å². The standard InChI is InChI=1S/C14H11N5OS2/c1-8-11(6-15)13(17-9(2)16-8)22-7-10-5-12(20)19-3-4-21-14(19)18-10/h3-5H,7H2,1-2H3. The average molecular weight is 329 g/mol. The molecular weight excluding hydrogens is 318 g/mol. The third-order valence-electron chi connectivity index (χ3n) is 2.99. The molecule has 8 heteroatoms. The van der Waals surface area contributed by atoms with Crippen LogP contribution < -0.4 is 5.56 Å². The van der Waals surface area contributed by atoms with Crippen LogP contribution in [0.15, 0.2) is 27.5 Å². The minimum atomic E-state index is -0.0996. The van der Waals surface area contributed by atoms with Crippen LogP contribution in [0.25, 0.3) is 4.96 Å². The highest BCUT2D eigenvalue weighted by molar-refractivity contribution is 7.98. The van der Waals surface area contributed by atoms with Gasteiger partial charge in [0.15, 0.2) is 4.96 Å². The number of nitrogens with zero attached hydrogens (tertiary/aromatic N) is 5. The van der Waals surface area contributed by atoms with Gasteiger partial charge in [-0.3, -0.25) is 9.20 Å². The van der Waals surface area contributed by atoms with Gasteiger partial charge in [0.2, 0.25) is 0 Å². The molecule has 0 fully saturated rings. The van der Waals surface area contributed by atoms with Crippen LogP contribution in [0.5, 0.6) is 0 Å². The topological polar surface area (TPSA) is 83.9 Å². The van der Waals surface area contributed by atoms with Gasteiger partial charge < -0.3 is 0 Å². The minimum absolute atomic E-state index is 0.0996. The van der Waals surface area contributed by atoms with Crippen molar-refractivity contribution in [3.05, 3.63) is 50.8 Å². The predicted octanol–water partition coefficient (Wildman–Crippen LogP) is 2.33. The number of thiazole rings is 1. The van der Waals surface area contributed by atoms with Crippen molar-refractivity contribution >= 4 is 28.1 Å². The maximum Gasteiger partial charge on any atom is 0.258 e. The molecule has 0 aliphatic carbocycles. The van der Waals surface area contributed by atoms with Crippen molar-refractivity contribution in [2.45, 2.75) is 24.6 Å². The lowest BCUT2D eigenvalue weighted by Crippen LogP contribution is -2.12. The molecule has 0 atom stereocenters. The molecule has 110 valence electrons. The summed E-state index contributed by atoms with van der Waals surface area (Å²) in [5, 5.41) is 11.7. The van der Waals surface area contributed by atoms with Crippen LogP contribution in [0.1, 0.15) is 22.8 Å². The first-order valence-corrected chi connectivity index (χ1v) is 8.29. The van der Waals surface area contributed by atoms with Gasteiger partial charge >= 0.3 is 0 Å². The molecule has 0 N–H and O–H groups in total. The van der Waals surface area contributed by atoms with Gasteiger partial charge in [-0.2, -0.15) is 5.26 Å². The molecule has 0 saturated carbocycles. The van der Waals surface area contributed by atoms with Crippen LogP contribution in [-0.4, -0.2) is 19.4 Å². The third-order valence-corrected chi connectivity index (χ3v) is 4.76. The normalized spacial score (nSPS) is 10.8. The van der Waals surface area contributed by atoms with Crippen molar-refractivity contribution in [1.82, 2.24) is 19.4 Å². The fourth-order valence-corrected chi connectivity index (χ4v) is 3.72. The Morgan fingerprint density at radius 2 is 2.18 bits per heavy atom. The molecule has 0 spiro atoms. The number of hydrogen-bond acceptors (Lipinski definition) is 7. The van der Waals surface area contributed by atoms with Crippen LogP contribution in [0.3, 0.4) is 0 Å². The summed E-state index contributed by atoms with van der Waals surface area (Å²) in [6, 6.07) is 3.65. The Labute approximate surface area is 134 Å². The molecule has 0 unspecified atom stereocenters. The highest BCUT2D eigenvalue weighted by atomic mass is 32.2. The fourth-order valence-electron chi connectivity index (χ4n) is 2.02. The summed E-state index contributed by atoms with van der Waals surface area (Å²) in [5.74, 6) is 1.11. The van der Waals surface area contributed by atoms with Gasteiger partial charge in [0.1, 0.15) is 22.5 Å². The van der Waals surface area contributed by atoms with Gasteiger partial charge in [0.05, 0.1) is 11.4 Å². The Morgan fingerprint density at radius 3 is 2.95 bits per heavy atom. The van der Waals surface area contributed by atoms with Crippen molar-refractivity contribution in [3.63, 3.8) is 0 Å². The summed E-state index contributed by atoms with van der Waals surface area (Å²) in [7, 11) is 0. The summed E-state index contributed by atoms with van der Waals surface area (Å²) >= 11 is 2.81. The molecular formula is C14H11N5OS2. The van der Waals surface area contributed by atoms with Gasteiger partial charge in [0.25, 0.3) is 5.56 Å². The molecule has 0 aliphatic rings. The number of nitriles is 1. The Hall–Kier alpha value is -2.24. The lowest BCUT2D eigenvalue weighted by atomic mass is 10.3. The second-order valence-corrected chi connectivity index (χ2v) is 6.42. The van der Waals surface area contributed by atoms with E-state index >= 15 is 0 Å². The number of hydrogen-bond donors (Lipinski definition) is 0. The summed E-state index contributed by atoms with van der Waals surface area (Å²) in [4.78, 5) is 25.6. The van der Waals surface area contributed by atoms with Gasteiger partial charge in [-0.1, -0.05) is 11.8 Å². The largest absolute Gasteiger partial charge is 0.269 e. The van der Waals surface area contributed by atoms with Gasteiger partial charge in [-0.25, -0.2) is 15.0 Å². The van der Waals surface area contributed by atoms with E-state index in [1.54, 1.807) is 20.0 Å². The maximum atomic E-state index is 11.9. The lowest BCUT2D eigenvalue weighted by Gasteiger charge is -2.06. The molecule has 0 bridgehead atoms. The van der Waals surface area contributed by atoms with Crippen molar-refractivity contribution < 1.29 is 0 Å². The van der Waals surface area contributed by atoms with Crippen LogP contribution in [-0.2, 0) is 5.75 Å². The second-order valence-electron chi connectivity index (χ2n) is 4.58.